The molecule has 0 aliphatic rings. The van der Waals surface area contributed by atoms with Crippen LogP contribution in [0.1, 0.15) is 88.8 Å². The topological polar surface area (TPSA) is 44.9 Å². The molecule has 0 aromatic heterocycles. The second kappa shape index (κ2) is 9.24. The van der Waals surface area contributed by atoms with Crippen molar-refractivity contribution in [3.05, 3.63) is 57.6 Å². The average Bonchev–Trinajstić information content (AvgIpc) is 2.58. The Balaban J connectivity index is 2.46. The fraction of sp³-hybridized carbons (Fsp3) is 0.571. The van der Waals surface area contributed by atoms with Crippen molar-refractivity contribution < 1.29 is 15.1 Å². The van der Waals surface area contributed by atoms with Crippen molar-refractivity contribution in [1.82, 2.24) is 0 Å². The molecule has 0 unspecified atom stereocenters. The molecule has 0 atom stereocenters. The van der Waals surface area contributed by atoms with Gasteiger partial charge in [-0.25, -0.2) is 0 Å². The Bertz CT molecular complexity index is 843. The van der Waals surface area contributed by atoms with Crippen molar-refractivity contribution in [3.8, 4) is 11.5 Å². The van der Waals surface area contributed by atoms with Crippen LogP contribution < -0.4 is 4.90 Å². The van der Waals surface area contributed by atoms with E-state index in [4.69, 9.17) is 0 Å². The largest absolute Gasteiger partial charge is 0.507 e. The number of nitrogens with one attached hydrogen (secondary N) is 1. The first kappa shape index (κ1) is 25.3. The summed E-state index contributed by atoms with van der Waals surface area (Å²) in [5.41, 5.74) is 6.11. The van der Waals surface area contributed by atoms with Crippen molar-refractivity contribution in [2.45, 2.75) is 93.2 Å². The number of hydrogen-bond donors (Lipinski definition) is 3. The smallest absolute Gasteiger partial charge is 0.128 e. The van der Waals surface area contributed by atoms with E-state index in [2.05, 4.69) is 93.5 Å². The van der Waals surface area contributed by atoms with E-state index in [-0.39, 0.29) is 10.8 Å². The van der Waals surface area contributed by atoms with Gasteiger partial charge >= 0.3 is 0 Å². The predicted molar refractivity (Wildman–Crippen MR) is 131 cm³/mol. The number of quaternary nitrogens is 1. The van der Waals surface area contributed by atoms with Crippen LogP contribution in [0.5, 0.6) is 11.5 Å². The number of hydrogen-bond acceptors (Lipinski definition) is 2. The minimum Gasteiger partial charge on any atom is -0.507 e. The number of benzene rings is 2. The van der Waals surface area contributed by atoms with Crippen molar-refractivity contribution in [1.29, 1.82) is 0 Å². The molecule has 0 bridgehead atoms. The molecule has 0 saturated heterocycles. The van der Waals surface area contributed by atoms with Crippen LogP contribution >= 0.6 is 0 Å². The molecule has 0 heterocycles. The molecule has 2 aromatic rings. The van der Waals surface area contributed by atoms with Gasteiger partial charge in [-0.3, -0.25) is 0 Å². The summed E-state index contributed by atoms with van der Waals surface area (Å²) in [5, 5.41) is 22.2. The number of aromatic hydroxyl groups is 2. The van der Waals surface area contributed by atoms with Gasteiger partial charge in [0, 0.05) is 17.0 Å². The Morgan fingerprint density at radius 3 is 1.35 bits per heavy atom. The molecular weight excluding hydrogens is 382 g/mol. The van der Waals surface area contributed by atoms with Crippen LogP contribution in [-0.2, 0) is 23.9 Å². The van der Waals surface area contributed by atoms with Gasteiger partial charge in [-0.05, 0) is 47.9 Å². The maximum absolute atomic E-state index is 11.1. The Morgan fingerprint density at radius 1 is 0.710 bits per heavy atom. The fourth-order valence-electron chi connectivity index (χ4n) is 4.44. The SMILES string of the molecule is Cc1cc(C[NH+](Cc2cc(C)cc(C(C)(C)C)c2O)CC(C)C)c(O)c(C(C)(C)C)c1. The van der Waals surface area contributed by atoms with E-state index in [0.717, 1.165) is 41.9 Å². The lowest BCUT2D eigenvalue weighted by Gasteiger charge is -2.27. The zero-order chi connectivity index (χ0) is 23.7. The van der Waals surface area contributed by atoms with E-state index in [1.54, 1.807) is 0 Å². The molecule has 2 aromatic carbocycles. The maximum atomic E-state index is 11.1. The van der Waals surface area contributed by atoms with Crippen molar-refractivity contribution in [3.63, 3.8) is 0 Å². The highest BCUT2D eigenvalue weighted by atomic mass is 16.3. The van der Waals surface area contributed by atoms with Gasteiger partial charge in [-0.15, -0.1) is 0 Å². The van der Waals surface area contributed by atoms with Crippen LogP contribution in [0.3, 0.4) is 0 Å². The summed E-state index contributed by atoms with van der Waals surface area (Å²) in [5.74, 6) is 1.35. The molecule has 0 amide bonds. The summed E-state index contributed by atoms with van der Waals surface area (Å²) < 4.78 is 0. The van der Waals surface area contributed by atoms with Crippen LogP contribution in [-0.4, -0.2) is 16.8 Å². The highest BCUT2D eigenvalue weighted by molar-refractivity contribution is 5.47. The zero-order valence-electron chi connectivity index (χ0n) is 21.4. The minimum absolute atomic E-state index is 0.112. The van der Waals surface area contributed by atoms with E-state index in [9.17, 15) is 10.2 Å². The quantitative estimate of drug-likeness (QED) is 0.567. The summed E-state index contributed by atoms with van der Waals surface area (Å²) in [4.78, 5) is 1.34. The number of phenolic OH excluding ortho intramolecular Hbond substituents is 2. The molecule has 3 N–H and O–H groups in total. The number of phenols is 2. The summed E-state index contributed by atoms with van der Waals surface area (Å²) >= 11 is 0. The molecular formula is C28H44NO2+. The monoisotopic (exact) mass is 426 g/mol. The Labute approximate surface area is 190 Å². The molecule has 0 radical (unpaired) electrons. The highest BCUT2D eigenvalue weighted by Crippen LogP contribution is 2.35. The third kappa shape index (κ3) is 6.49. The highest BCUT2D eigenvalue weighted by Gasteiger charge is 2.26. The van der Waals surface area contributed by atoms with Gasteiger partial charge < -0.3 is 15.1 Å². The van der Waals surface area contributed by atoms with Gasteiger partial charge in [-0.1, -0.05) is 78.6 Å². The van der Waals surface area contributed by atoms with Crippen molar-refractivity contribution in [2.75, 3.05) is 6.54 Å². The second-order valence-corrected chi connectivity index (χ2v) is 11.8. The molecule has 3 nitrogen and oxygen atoms in total. The zero-order valence-corrected chi connectivity index (χ0v) is 21.4. The lowest BCUT2D eigenvalue weighted by molar-refractivity contribution is -0.930. The Hall–Kier alpha value is -2.00. The first-order valence-corrected chi connectivity index (χ1v) is 11.6. The molecule has 0 spiro atoms. The second-order valence-electron chi connectivity index (χ2n) is 11.8. The van der Waals surface area contributed by atoms with Gasteiger partial charge in [-0.2, -0.15) is 0 Å². The van der Waals surface area contributed by atoms with Gasteiger partial charge in [0.1, 0.15) is 24.6 Å². The first-order chi connectivity index (χ1) is 14.1. The summed E-state index contributed by atoms with van der Waals surface area (Å²) in [6.45, 7) is 23.9. The van der Waals surface area contributed by atoms with E-state index in [1.807, 2.05) is 0 Å². The molecule has 2 rings (SSSR count). The van der Waals surface area contributed by atoms with Gasteiger partial charge in [0.25, 0.3) is 0 Å². The normalized spacial score (nSPS) is 12.8. The molecule has 3 heteroatoms. The average molecular weight is 427 g/mol. The third-order valence-electron chi connectivity index (χ3n) is 5.86. The lowest BCUT2D eigenvalue weighted by atomic mass is 9.83. The van der Waals surface area contributed by atoms with Crippen LogP contribution in [0.2, 0.25) is 0 Å². The molecule has 0 aliphatic carbocycles. The standard InChI is InChI=1S/C28H43NO2/c1-18(2)15-29(16-21-11-19(3)13-23(25(21)30)27(5,6)7)17-22-12-20(4)14-24(26(22)31)28(8,9)10/h11-14,18,30-31H,15-17H2,1-10H3/p+1. The lowest BCUT2D eigenvalue weighted by Crippen LogP contribution is -3.10. The summed E-state index contributed by atoms with van der Waals surface area (Å²) in [6, 6.07) is 8.43. The molecule has 31 heavy (non-hydrogen) atoms. The van der Waals surface area contributed by atoms with Crippen molar-refractivity contribution >= 4 is 0 Å². The van der Waals surface area contributed by atoms with E-state index in [1.165, 1.54) is 16.0 Å². The van der Waals surface area contributed by atoms with Crippen LogP contribution in [0.15, 0.2) is 24.3 Å². The molecule has 0 fully saturated rings. The minimum atomic E-state index is -0.112. The van der Waals surface area contributed by atoms with Crippen LogP contribution in [0.4, 0.5) is 0 Å². The first-order valence-electron chi connectivity index (χ1n) is 11.6. The van der Waals surface area contributed by atoms with E-state index < -0.39 is 0 Å². The van der Waals surface area contributed by atoms with Gasteiger partial charge in [0.05, 0.1) is 6.54 Å². The van der Waals surface area contributed by atoms with E-state index in [0.29, 0.717) is 17.4 Å². The van der Waals surface area contributed by atoms with Crippen LogP contribution in [0, 0.1) is 19.8 Å². The Morgan fingerprint density at radius 2 is 1.06 bits per heavy atom. The molecule has 0 aliphatic heterocycles. The molecule has 172 valence electrons. The predicted octanol–water partition coefficient (Wildman–Crippen LogP) is 5.55. The molecule has 0 saturated carbocycles. The van der Waals surface area contributed by atoms with Gasteiger partial charge in [0.15, 0.2) is 0 Å². The van der Waals surface area contributed by atoms with Crippen molar-refractivity contribution in [2.24, 2.45) is 5.92 Å². The number of rotatable bonds is 6. The van der Waals surface area contributed by atoms with E-state index >= 15 is 0 Å². The van der Waals surface area contributed by atoms with Gasteiger partial charge in [0.2, 0.25) is 0 Å². The summed E-state index contributed by atoms with van der Waals surface area (Å²) in [6.07, 6.45) is 0. The summed E-state index contributed by atoms with van der Waals surface area (Å²) in [7, 11) is 0. The van der Waals surface area contributed by atoms with Crippen LogP contribution in [0.25, 0.3) is 0 Å². The number of aryl methyl sites for hydroxylation is 2. The Kier molecular flexibility index (Phi) is 7.53. The maximum Gasteiger partial charge on any atom is 0.128 e. The third-order valence-corrected chi connectivity index (χ3v) is 5.86. The fourth-order valence-corrected chi connectivity index (χ4v) is 4.44.